The lowest BCUT2D eigenvalue weighted by Crippen LogP contribution is -2.60. The zero-order chi connectivity index (χ0) is 19.6. The van der Waals surface area contributed by atoms with E-state index in [1.54, 1.807) is 18.6 Å². The lowest BCUT2D eigenvalue weighted by Gasteiger charge is -2.51. The quantitative estimate of drug-likeness (QED) is 0.886. The zero-order valence-corrected chi connectivity index (χ0v) is 16.4. The minimum absolute atomic E-state index is 0.0837. The Kier molecular flexibility index (Phi) is 5.31. The third kappa shape index (κ3) is 3.49. The fraction of sp³-hybridized carbons (Fsp3) is 0.500. The van der Waals surface area contributed by atoms with Crippen LogP contribution in [0.25, 0.3) is 0 Å². The molecule has 2 aliphatic rings. The largest absolute Gasteiger partial charge is 0.392 e. The van der Waals surface area contributed by atoms with Crippen LogP contribution in [-0.4, -0.2) is 58.2 Å². The number of hydrogen-bond acceptors (Lipinski definition) is 5. The van der Waals surface area contributed by atoms with Gasteiger partial charge in [-0.05, 0) is 37.3 Å². The average Bonchev–Trinajstić information content (AvgIpc) is 2.76. The van der Waals surface area contributed by atoms with Gasteiger partial charge in [-0.3, -0.25) is 9.78 Å². The van der Waals surface area contributed by atoms with Gasteiger partial charge in [0.2, 0.25) is 0 Å². The van der Waals surface area contributed by atoms with Crippen LogP contribution in [0.4, 0.5) is 5.82 Å². The highest BCUT2D eigenvalue weighted by molar-refractivity contribution is 5.95. The molecule has 3 heterocycles. The van der Waals surface area contributed by atoms with E-state index in [4.69, 9.17) is 0 Å². The first-order chi connectivity index (χ1) is 13.6. The number of hydrogen-bond donors (Lipinski definition) is 1. The molecule has 4 rings (SSSR count). The van der Waals surface area contributed by atoms with Crippen molar-refractivity contribution >= 4 is 11.7 Å². The maximum atomic E-state index is 13.3. The van der Waals surface area contributed by atoms with E-state index in [0.29, 0.717) is 19.5 Å². The van der Waals surface area contributed by atoms with Crippen molar-refractivity contribution in [2.24, 2.45) is 5.41 Å². The Morgan fingerprint density at radius 3 is 2.89 bits per heavy atom. The van der Waals surface area contributed by atoms with Crippen molar-refractivity contribution in [1.82, 2.24) is 14.9 Å². The third-order valence-electron chi connectivity index (χ3n) is 6.28. The van der Waals surface area contributed by atoms with Gasteiger partial charge in [0, 0.05) is 49.6 Å². The average molecular weight is 380 g/mol. The van der Waals surface area contributed by atoms with E-state index in [-0.39, 0.29) is 11.3 Å². The first kappa shape index (κ1) is 18.9. The molecule has 0 aliphatic carbocycles. The number of anilines is 1. The lowest BCUT2D eigenvalue weighted by atomic mass is 9.71. The Morgan fingerprint density at radius 2 is 2.11 bits per heavy atom. The van der Waals surface area contributed by atoms with Gasteiger partial charge in [-0.15, -0.1) is 0 Å². The molecular formula is C22H28N4O2. The lowest BCUT2D eigenvalue weighted by molar-refractivity contribution is -0.0362. The number of piperidine rings is 2. The molecule has 6 nitrogen and oxygen atoms in total. The van der Waals surface area contributed by atoms with Crippen molar-refractivity contribution < 1.29 is 9.90 Å². The van der Waals surface area contributed by atoms with Gasteiger partial charge >= 0.3 is 0 Å². The number of aryl methyl sites for hydroxylation is 1. The Labute approximate surface area is 166 Å². The van der Waals surface area contributed by atoms with Gasteiger partial charge in [-0.1, -0.05) is 25.1 Å². The van der Waals surface area contributed by atoms with Crippen LogP contribution in [0.5, 0.6) is 0 Å². The molecule has 28 heavy (non-hydrogen) atoms. The second kappa shape index (κ2) is 7.87. The summed E-state index contributed by atoms with van der Waals surface area (Å²) in [7, 11) is 0. The summed E-state index contributed by atoms with van der Waals surface area (Å²) < 4.78 is 0. The molecule has 0 saturated carbocycles. The molecule has 1 aromatic heterocycles. The number of aromatic nitrogens is 2. The number of likely N-dealkylation sites (tertiary alicyclic amines) is 1. The smallest absolute Gasteiger partial charge is 0.254 e. The van der Waals surface area contributed by atoms with Crippen LogP contribution in [0.15, 0.2) is 42.9 Å². The summed E-state index contributed by atoms with van der Waals surface area (Å²) in [5, 5.41) is 10.9. The standard InChI is InChI=1S/C22H28N4O2/c1-2-17-6-3-4-7-18(17)21(28)26-12-5-9-22(16-26)15-25(13-8-19(22)27)20-14-23-10-11-24-20/h3-4,6-7,10-11,14,19,27H,2,5,8-9,12-13,15-16H2,1H3/t19-,22-/m1/s1. The summed E-state index contributed by atoms with van der Waals surface area (Å²) in [6, 6.07) is 7.86. The number of aliphatic hydroxyl groups is 1. The van der Waals surface area contributed by atoms with Crippen molar-refractivity contribution in [2.45, 2.75) is 38.7 Å². The van der Waals surface area contributed by atoms with Crippen molar-refractivity contribution in [3.63, 3.8) is 0 Å². The summed E-state index contributed by atoms with van der Waals surface area (Å²) in [6.45, 7) is 4.87. The van der Waals surface area contributed by atoms with E-state index >= 15 is 0 Å². The van der Waals surface area contributed by atoms with Crippen LogP contribution in [0.1, 0.15) is 42.1 Å². The van der Waals surface area contributed by atoms with Crippen molar-refractivity contribution in [1.29, 1.82) is 0 Å². The van der Waals surface area contributed by atoms with Gasteiger partial charge < -0.3 is 14.9 Å². The van der Waals surface area contributed by atoms with Crippen molar-refractivity contribution in [3.8, 4) is 0 Å². The fourth-order valence-electron chi connectivity index (χ4n) is 4.74. The summed E-state index contributed by atoms with van der Waals surface area (Å²) in [5.41, 5.74) is 1.56. The maximum Gasteiger partial charge on any atom is 0.254 e. The summed E-state index contributed by atoms with van der Waals surface area (Å²) in [4.78, 5) is 26.0. The second-order valence-corrected chi connectivity index (χ2v) is 7.99. The molecule has 2 aliphatic heterocycles. The van der Waals surface area contributed by atoms with Gasteiger partial charge in [0.15, 0.2) is 0 Å². The van der Waals surface area contributed by atoms with E-state index in [2.05, 4.69) is 21.8 Å². The highest BCUT2D eigenvalue weighted by atomic mass is 16.3. The van der Waals surface area contributed by atoms with E-state index in [1.807, 2.05) is 29.2 Å². The van der Waals surface area contributed by atoms with Gasteiger partial charge in [0.05, 0.1) is 12.3 Å². The molecule has 1 amide bonds. The fourth-order valence-corrected chi connectivity index (χ4v) is 4.74. The number of rotatable bonds is 3. The van der Waals surface area contributed by atoms with E-state index in [9.17, 15) is 9.90 Å². The molecule has 2 atom stereocenters. The van der Waals surface area contributed by atoms with Crippen LogP contribution < -0.4 is 4.90 Å². The highest BCUT2D eigenvalue weighted by Gasteiger charge is 2.46. The van der Waals surface area contributed by atoms with E-state index in [1.165, 1.54) is 0 Å². The minimum atomic E-state index is -0.405. The van der Waals surface area contributed by atoms with E-state index in [0.717, 1.165) is 49.3 Å². The molecule has 1 spiro atoms. The monoisotopic (exact) mass is 380 g/mol. The van der Waals surface area contributed by atoms with Crippen molar-refractivity contribution in [3.05, 3.63) is 54.0 Å². The van der Waals surface area contributed by atoms with Crippen LogP contribution in [0.3, 0.4) is 0 Å². The summed E-state index contributed by atoms with van der Waals surface area (Å²) >= 11 is 0. The number of carbonyl (C=O) groups excluding carboxylic acids is 1. The number of amides is 1. The normalized spacial score (nSPS) is 25.1. The Hall–Kier alpha value is -2.47. The Morgan fingerprint density at radius 1 is 1.25 bits per heavy atom. The third-order valence-corrected chi connectivity index (χ3v) is 6.28. The van der Waals surface area contributed by atoms with E-state index < -0.39 is 6.10 Å². The molecule has 1 aromatic carbocycles. The molecule has 2 fully saturated rings. The maximum absolute atomic E-state index is 13.3. The van der Waals surface area contributed by atoms with Gasteiger partial charge in [0.25, 0.3) is 5.91 Å². The number of benzene rings is 1. The topological polar surface area (TPSA) is 69.6 Å². The predicted molar refractivity (Wildman–Crippen MR) is 108 cm³/mol. The van der Waals surface area contributed by atoms with Crippen LogP contribution in [-0.2, 0) is 6.42 Å². The number of carbonyl (C=O) groups is 1. The molecule has 148 valence electrons. The van der Waals surface area contributed by atoms with Crippen LogP contribution in [0.2, 0.25) is 0 Å². The number of aliphatic hydroxyl groups excluding tert-OH is 1. The molecule has 2 saturated heterocycles. The van der Waals surface area contributed by atoms with Gasteiger partial charge in [0.1, 0.15) is 5.82 Å². The van der Waals surface area contributed by atoms with Crippen LogP contribution in [0, 0.1) is 5.41 Å². The Balaban J connectivity index is 1.57. The molecule has 2 aromatic rings. The first-order valence-corrected chi connectivity index (χ1v) is 10.2. The molecule has 6 heteroatoms. The van der Waals surface area contributed by atoms with Gasteiger partial charge in [-0.25, -0.2) is 4.98 Å². The molecular weight excluding hydrogens is 352 g/mol. The molecule has 1 N–H and O–H groups in total. The second-order valence-electron chi connectivity index (χ2n) is 7.99. The molecule has 0 radical (unpaired) electrons. The van der Waals surface area contributed by atoms with Crippen molar-refractivity contribution in [2.75, 3.05) is 31.1 Å². The van der Waals surface area contributed by atoms with Crippen LogP contribution >= 0.6 is 0 Å². The highest BCUT2D eigenvalue weighted by Crippen LogP contribution is 2.40. The minimum Gasteiger partial charge on any atom is -0.392 e. The zero-order valence-electron chi connectivity index (χ0n) is 16.4. The van der Waals surface area contributed by atoms with Gasteiger partial charge in [-0.2, -0.15) is 0 Å². The summed E-state index contributed by atoms with van der Waals surface area (Å²) in [5.74, 6) is 0.925. The SMILES string of the molecule is CCc1ccccc1C(=O)N1CCC[C@]2(C1)CN(c1cnccn1)CC[C@H]2O. The number of nitrogens with zero attached hydrogens (tertiary/aromatic N) is 4. The molecule has 0 unspecified atom stereocenters. The predicted octanol–water partition coefficient (Wildman–Crippen LogP) is 2.53. The molecule has 0 bridgehead atoms. The first-order valence-electron chi connectivity index (χ1n) is 10.2. The summed E-state index contributed by atoms with van der Waals surface area (Å²) in [6.07, 6.45) is 8.09. The Bertz CT molecular complexity index is 828.